The van der Waals surface area contributed by atoms with Gasteiger partial charge in [0.2, 0.25) is 5.91 Å². The molecule has 3 heterocycles. The van der Waals surface area contributed by atoms with Crippen LogP contribution < -0.4 is 5.32 Å². The fraction of sp³-hybridized carbons (Fsp3) is 0.480. The standard InChI is InChI=1S/C25H32N4O3/c1-17-5-6-20(12-18(17)2)25(32)28-10-7-21(8-11-28)29-16-22(30)13-23(29)24(31)27-15-19-4-3-9-26-14-19/h3-6,9,12,14,21-23,30H,7-8,10-11,13,15-16H2,1-2H3,(H,27,31)/t22-,23+/m1/s1. The average molecular weight is 437 g/mol. The molecule has 1 aromatic heterocycles. The third-order valence-electron chi connectivity index (χ3n) is 6.78. The lowest BCUT2D eigenvalue weighted by atomic mass is 10.00. The van der Waals surface area contributed by atoms with E-state index in [1.54, 1.807) is 12.4 Å². The van der Waals surface area contributed by atoms with Gasteiger partial charge >= 0.3 is 0 Å². The molecular formula is C25H32N4O3. The lowest BCUT2D eigenvalue weighted by Gasteiger charge is -2.39. The minimum Gasteiger partial charge on any atom is -0.392 e. The number of hydrogen-bond donors (Lipinski definition) is 2. The molecule has 0 aliphatic carbocycles. The average Bonchev–Trinajstić information content (AvgIpc) is 3.21. The monoisotopic (exact) mass is 436 g/mol. The number of rotatable bonds is 5. The van der Waals surface area contributed by atoms with Crippen molar-refractivity contribution in [3.63, 3.8) is 0 Å². The number of piperidine rings is 1. The molecule has 32 heavy (non-hydrogen) atoms. The third-order valence-corrected chi connectivity index (χ3v) is 6.78. The zero-order chi connectivity index (χ0) is 22.7. The molecule has 4 rings (SSSR count). The van der Waals surface area contributed by atoms with Gasteiger partial charge in [-0.1, -0.05) is 12.1 Å². The second-order valence-corrected chi connectivity index (χ2v) is 9.00. The van der Waals surface area contributed by atoms with E-state index in [2.05, 4.69) is 15.2 Å². The second kappa shape index (κ2) is 9.79. The molecule has 1 aromatic carbocycles. The van der Waals surface area contributed by atoms with Gasteiger partial charge in [0, 0.05) is 50.2 Å². The molecule has 2 N–H and O–H groups in total. The van der Waals surface area contributed by atoms with Gasteiger partial charge in [0.05, 0.1) is 12.1 Å². The lowest BCUT2D eigenvalue weighted by molar-refractivity contribution is -0.126. The topological polar surface area (TPSA) is 85.8 Å². The molecule has 2 aliphatic heterocycles. The van der Waals surface area contributed by atoms with Gasteiger partial charge in [-0.3, -0.25) is 19.5 Å². The number of aliphatic hydroxyl groups excluding tert-OH is 1. The Labute approximate surface area is 189 Å². The maximum atomic E-state index is 12.9. The highest BCUT2D eigenvalue weighted by molar-refractivity contribution is 5.94. The molecule has 0 unspecified atom stereocenters. The van der Waals surface area contributed by atoms with Crippen molar-refractivity contribution in [2.24, 2.45) is 0 Å². The van der Waals surface area contributed by atoms with E-state index in [4.69, 9.17) is 0 Å². The summed E-state index contributed by atoms with van der Waals surface area (Å²) in [6.45, 7) is 6.32. The number of carbonyl (C=O) groups is 2. The largest absolute Gasteiger partial charge is 0.392 e. The van der Waals surface area contributed by atoms with E-state index < -0.39 is 6.10 Å². The quantitative estimate of drug-likeness (QED) is 0.749. The minimum atomic E-state index is -0.501. The number of carbonyl (C=O) groups excluding carboxylic acids is 2. The predicted molar refractivity (Wildman–Crippen MR) is 122 cm³/mol. The number of aryl methyl sites for hydroxylation is 2. The van der Waals surface area contributed by atoms with Crippen LogP contribution in [0.15, 0.2) is 42.7 Å². The van der Waals surface area contributed by atoms with Gasteiger partial charge in [-0.15, -0.1) is 0 Å². The van der Waals surface area contributed by atoms with Crippen molar-refractivity contribution in [2.75, 3.05) is 19.6 Å². The highest BCUT2D eigenvalue weighted by Gasteiger charge is 2.41. The van der Waals surface area contributed by atoms with Crippen LogP contribution >= 0.6 is 0 Å². The molecule has 2 fully saturated rings. The van der Waals surface area contributed by atoms with Crippen LogP contribution in [0.3, 0.4) is 0 Å². The normalized spacial score (nSPS) is 22.2. The molecule has 7 nitrogen and oxygen atoms in total. The van der Waals surface area contributed by atoms with Crippen LogP contribution in [0.5, 0.6) is 0 Å². The van der Waals surface area contributed by atoms with Crippen molar-refractivity contribution < 1.29 is 14.7 Å². The van der Waals surface area contributed by atoms with Crippen molar-refractivity contribution in [1.82, 2.24) is 20.1 Å². The summed E-state index contributed by atoms with van der Waals surface area (Å²) in [6, 6.07) is 9.48. The second-order valence-electron chi connectivity index (χ2n) is 9.00. The number of pyridine rings is 1. The Kier molecular flexibility index (Phi) is 6.86. The summed E-state index contributed by atoms with van der Waals surface area (Å²) in [5.41, 5.74) is 3.98. The zero-order valence-corrected chi connectivity index (χ0v) is 18.8. The summed E-state index contributed by atoms with van der Waals surface area (Å²) in [5.74, 6) is 0.0119. The predicted octanol–water partition coefficient (Wildman–Crippen LogP) is 2.05. The van der Waals surface area contributed by atoms with Crippen molar-refractivity contribution in [3.05, 3.63) is 65.0 Å². The van der Waals surface area contributed by atoms with Crippen LogP contribution in [-0.2, 0) is 11.3 Å². The Balaban J connectivity index is 1.34. The number of aromatic nitrogens is 1. The van der Waals surface area contributed by atoms with E-state index in [0.717, 1.165) is 29.5 Å². The van der Waals surface area contributed by atoms with Crippen molar-refractivity contribution in [3.8, 4) is 0 Å². The van der Waals surface area contributed by atoms with E-state index in [1.807, 2.05) is 49.1 Å². The van der Waals surface area contributed by atoms with E-state index >= 15 is 0 Å². The van der Waals surface area contributed by atoms with Gasteiger partial charge in [-0.2, -0.15) is 0 Å². The number of aliphatic hydroxyl groups is 1. The molecule has 2 aromatic rings. The first-order valence-electron chi connectivity index (χ1n) is 11.4. The molecule has 170 valence electrons. The third kappa shape index (κ3) is 5.00. The maximum Gasteiger partial charge on any atom is 0.253 e. The smallest absolute Gasteiger partial charge is 0.253 e. The Morgan fingerprint density at radius 3 is 2.62 bits per heavy atom. The Bertz CT molecular complexity index is 957. The van der Waals surface area contributed by atoms with Crippen molar-refractivity contribution >= 4 is 11.8 Å². The highest BCUT2D eigenvalue weighted by Crippen LogP contribution is 2.27. The number of likely N-dealkylation sites (tertiary alicyclic amines) is 2. The molecule has 0 spiro atoms. The van der Waals surface area contributed by atoms with Gasteiger partial charge in [0.1, 0.15) is 0 Å². The van der Waals surface area contributed by atoms with E-state index in [9.17, 15) is 14.7 Å². The molecular weight excluding hydrogens is 404 g/mol. The van der Waals surface area contributed by atoms with Gasteiger partial charge in [0.25, 0.3) is 5.91 Å². The van der Waals surface area contributed by atoms with Crippen LogP contribution in [0, 0.1) is 13.8 Å². The van der Waals surface area contributed by atoms with Crippen LogP contribution in [0.4, 0.5) is 0 Å². The van der Waals surface area contributed by atoms with Gasteiger partial charge in [0.15, 0.2) is 0 Å². The first-order chi connectivity index (χ1) is 15.4. The summed E-state index contributed by atoms with van der Waals surface area (Å²) < 4.78 is 0. The summed E-state index contributed by atoms with van der Waals surface area (Å²) in [7, 11) is 0. The number of nitrogens with zero attached hydrogens (tertiary/aromatic N) is 3. The molecule has 7 heteroatoms. The number of nitrogens with one attached hydrogen (secondary N) is 1. The number of β-amino-alcohol motifs (C(OH)–C–C–N with tert-alkyl or cyclic N) is 1. The first-order valence-corrected chi connectivity index (χ1v) is 11.4. The minimum absolute atomic E-state index is 0.0564. The van der Waals surface area contributed by atoms with Gasteiger partial charge < -0.3 is 15.3 Å². The van der Waals surface area contributed by atoms with E-state index in [1.165, 1.54) is 5.56 Å². The Morgan fingerprint density at radius 1 is 1.16 bits per heavy atom. The van der Waals surface area contributed by atoms with Crippen LogP contribution in [0.2, 0.25) is 0 Å². The van der Waals surface area contributed by atoms with E-state index in [0.29, 0.717) is 32.6 Å². The number of hydrogen-bond acceptors (Lipinski definition) is 5. The van der Waals surface area contributed by atoms with Crippen molar-refractivity contribution in [2.45, 2.75) is 57.8 Å². The van der Waals surface area contributed by atoms with E-state index in [-0.39, 0.29) is 23.9 Å². The summed E-state index contributed by atoms with van der Waals surface area (Å²) in [6.07, 6.45) is 4.99. The highest BCUT2D eigenvalue weighted by atomic mass is 16.3. The molecule has 2 aliphatic rings. The molecule has 2 amide bonds. The molecule has 0 saturated carbocycles. The van der Waals surface area contributed by atoms with Crippen molar-refractivity contribution in [1.29, 1.82) is 0 Å². The number of amides is 2. The van der Waals surface area contributed by atoms with Crippen LogP contribution in [0.1, 0.15) is 46.3 Å². The summed E-state index contributed by atoms with van der Waals surface area (Å²) in [4.78, 5) is 34.0. The molecule has 2 saturated heterocycles. The number of benzene rings is 1. The SMILES string of the molecule is Cc1ccc(C(=O)N2CCC(N3C[C@H](O)C[C@H]3C(=O)NCc3cccnc3)CC2)cc1C. The van der Waals surface area contributed by atoms with Gasteiger partial charge in [-0.05, 0) is 68.0 Å². The fourth-order valence-electron chi connectivity index (χ4n) is 4.77. The molecule has 2 atom stereocenters. The van der Waals surface area contributed by atoms with Crippen LogP contribution in [0.25, 0.3) is 0 Å². The lowest BCUT2D eigenvalue weighted by Crippen LogP contribution is -2.52. The summed E-state index contributed by atoms with van der Waals surface area (Å²) >= 11 is 0. The Hall–Kier alpha value is -2.77. The zero-order valence-electron chi connectivity index (χ0n) is 18.8. The first kappa shape index (κ1) is 22.4. The van der Waals surface area contributed by atoms with Crippen LogP contribution in [-0.4, -0.2) is 69.5 Å². The molecule has 0 radical (unpaired) electrons. The fourth-order valence-corrected chi connectivity index (χ4v) is 4.77. The molecule has 0 bridgehead atoms. The van der Waals surface area contributed by atoms with Gasteiger partial charge in [-0.25, -0.2) is 0 Å². The Morgan fingerprint density at radius 2 is 1.94 bits per heavy atom. The summed E-state index contributed by atoms with van der Waals surface area (Å²) in [5, 5.41) is 13.3. The maximum absolute atomic E-state index is 12.9.